The lowest BCUT2D eigenvalue weighted by molar-refractivity contribution is 0.0696. The first-order valence-corrected chi connectivity index (χ1v) is 4.92. The van der Waals surface area contributed by atoms with Crippen molar-refractivity contribution in [3.8, 4) is 11.8 Å². The predicted molar refractivity (Wildman–Crippen MR) is 60.0 cm³/mol. The molecular weight excluding hydrogens is 218 g/mol. The lowest BCUT2D eigenvalue weighted by Gasteiger charge is -2.03. The number of aromatic carboxylic acids is 1. The van der Waals surface area contributed by atoms with Crippen LogP contribution < -0.4 is 0 Å². The number of carboxylic acid groups (broad SMARTS) is 1. The van der Waals surface area contributed by atoms with E-state index in [0.29, 0.717) is 5.69 Å². The monoisotopic (exact) mass is 227 g/mol. The highest BCUT2D eigenvalue weighted by Gasteiger charge is 2.17. The predicted octanol–water partition coefficient (Wildman–Crippen LogP) is 1.75. The summed E-state index contributed by atoms with van der Waals surface area (Å²) >= 11 is 0. The van der Waals surface area contributed by atoms with Crippen molar-refractivity contribution in [1.29, 1.82) is 5.26 Å². The summed E-state index contributed by atoms with van der Waals surface area (Å²) in [6.45, 7) is 1.91. The number of rotatable bonds is 2. The second-order valence-electron chi connectivity index (χ2n) is 3.57. The fraction of sp³-hybridized carbons (Fsp3) is 0.0833. The molecule has 1 aromatic carbocycles. The fourth-order valence-electron chi connectivity index (χ4n) is 1.57. The minimum Gasteiger partial charge on any atom is -0.478 e. The van der Waals surface area contributed by atoms with E-state index >= 15 is 0 Å². The van der Waals surface area contributed by atoms with Crippen molar-refractivity contribution < 1.29 is 9.90 Å². The summed E-state index contributed by atoms with van der Waals surface area (Å²) in [4.78, 5) is 10.9. The van der Waals surface area contributed by atoms with Gasteiger partial charge in [0, 0.05) is 0 Å². The fourth-order valence-corrected chi connectivity index (χ4v) is 1.57. The van der Waals surface area contributed by atoms with Crippen LogP contribution in [-0.2, 0) is 0 Å². The first-order valence-electron chi connectivity index (χ1n) is 4.92. The molecule has 1 aromatic heterocycles. The van der Waals surface area contributed by atoms with Crippen molar-refractivity contribution >= 4 is 5.97 Å². The molecule has 1 N–H and O–H groups in total. The van der Waals surface area contributed by atoms with Crippen LogP contribution in [0, 0.1) is 18.3 Å². The van der Waals surface area contributed by atoms with Crippen LogP contribution in [0.15, 0.2) is 30.5 Å². The highest BCUT2D eigenvalue weighted by atomic mass is 16.4. The number of nitriles is 1. The molecule has 0 spiro atoms. The Morgan fingerprint density at radius 1 is 1.53 bits per heavy atom. The quantitative estimate of drug-likeness (QED) is 0.847. The van der Waals surface area contributed by atoms with Crippen LogP contribution in [0.4, 0.5) is 0 Å². The lowest BCUT2D eigenvalue weighted by Crippen LogP contribution is -2.03. The number of carbonyl (C=O) groups is 1. The molecule has 17 heavy (non-hydrogen) atoms. The zero-order valence-corrected chi connectivity index (χ0v) is 9.08. The number of aromatic nitrogens is 2. The highest BCUT2D eigenvalue weighted by molar-refractivity contribution is 5.89. The molecule has 0 atom stereocenters. The van der Waals surface area contributed by atoms with Gasteiger partial charge in [-0.05, 0) is 24.6 Å². The van der Waals surface area contributed by atoms with Crippen LogP contribution in [0.1, 0.15) is 21.6 Å². The van der Waals surface area contributed by atoms with Crippen molar-refractivity contribution in [2.75, 3.05) is 0 Å². The van der Waals surface area contributed by atoms with Gasteiger partial charge < -0.3 is 5.11 Å². The van der Waals surface area contributed by atoms with E-state index in [2.05, 4.69) is 5.10 Å². The Hall–Kier alpha value is -2.61. The Labute approximate surface area is 97.5 Å². The standard InChI is InChI=1S/C12H9N3O2/c1-8-3-2-4-9(5-8)15-11(6-13)10(7-14-15)12(16)17/h2-5,7H,1H3,(H,16,17). The van der Waals surface area contributed by atoms with E-state index in [-0.39, 0.29) is 11.3 Å². The van der Waals surface area contributed by atoms with Crippen LogP contribution in [0.5, 0.6) is 0 Å². The van der Waals surface area contributed by atoms with Gasteiger partial charge in [0.2, 0.25) is 0 Å². The Bertz CT molecular complexity index is 623. The van der Waals surface area contributed by atoms with Crippen LogP contribution in [0.3, 0.4) is 0 Å². The van der Waals surface area contributed by atoms with Crippen LogP contribution in [0.2, 0.25) is 0 Å². The number of aryl methyl sites for hydroxylation is 1. The van der Waals surface area contributed by atoms with E-state index in [4.69, 9.17) is 10.4 Å². The summed E-state index contributed by atoms with van der Waals surface area (Å²) in [6.07, 6.45) is 1.18. The average Bonchev–Trinajstić information content (AvgIpc) is 2.72. The maximum atomic E-state index is 10.9. The van der Waals surface area contributed by atoms with E-state index < -0.39 is 5.97 Å². The number of hydrogen-bond donors (Lipinski definition) is 1. The third-order valence-electron chi connectivity index (χ3n) is 2.35. The molecule has 0 aliphatic rings. The van der Waals surface area contributed by atoms with Gasteiger partial charge in [-0.1, -0.05) is 12.1 Å². The molecule has 0 saturated heterocycles. The molecule has 5 nitrogen and oxygen atoms in total. The summed E-state index contributed by atoms with van der Waals surface area (Å²) in [7, 11) is 0. The molecule has 84 valence electrons. The molecule has 0 aliphatic heterocycles. The molecule has 2 rings (SSSR count). The van der Waals surface area contributed by atoms with Gasteiger partial charge in [-0.2, -0.15) is 10.4 Å². The first-order chi connectivity index (χ1) is 8.13. The molecular formula is C12H9N3O2. The number of hydrogen-bond acceptors (Lipinski definition) is 3. The van der Waals surface area contributed by atoms with Crippen molar-refractivity contribution in [1.82, 2.24) is 9.78 Å². The van der Waals surface area contributed by atoms with Crippen molar-refractivity contribution in [3.63, 3.8) is 0 Å². The van der Waals surface area contributed by atoms with Gasteiger partial charge in [0.25, 0.3) is 0 Å². The van der Waals surface area contributed by atoms with Gasteiger partial charge in [-0.25, -0.2) is 9.48 Å². The molecule has 0 amide bonds. The van der Waals surface area contributed by atoms with Crippen LogP contribution in [0.25, 0.3) is 5.69 Å². The summed E-state index contributed by atoms with van der Waals surface area (Å²) < 4.78 is 1.33. The summed E-state index contributed by atoms with van der Waals surface area (Å²) in [6, 6.07) is 9.21. The largest absolute Gasteiger partial charge is 0.478 e. The Morgan fingerprint density at radius 3 is 2.88 bits per heavy atom. The normalized spacial score (nSPS) is 9.88. The van der Waals surface area contributed by atoms with Gasteiger partial charge in [0.1, 0.15) is 11.6 Å². The first kappa shape index (κ1) is 10.9. The van der Waals surface area contributed by atoms with Crippen molar-refractivity contribution in [2.24, 2.45) is 0 Å². The van der Waals surface area contributed by atoms with Crippen LogP contribution >= 0.6 is 0 Å². The van der Waals surface area contributed by atoms with E-state index in [1.54, 1.807) is 6.07 Å². The van der Waals surface area contributed by atoms with E-state index in [1.165, 1.54) is 10.9 Å². The van der Waals surface area contributed by atoms with Gasteiger partial charge in [-0.15, -0.1) is 0 Å². The van der Waals surface area contributed by atoms with Crippen molar-refractivity contribution in [3.05, 3.63) is 47.3 Å². The topological polar surface area (TPSA) is 78.9 Å². The van der Waals surface area contributed by atoms with Gasteiger partial charge in [0.15, 0.2) is 5.69 Å². The third-order valence-corrected chi connectivity index (χ3v) is 2.35. The highest BCUT2D eigenvalue weighted by Crippen LogP contribution is 2.15. The molecule has 2 aromatic rings. The summed E-state index contributed by atoms with van der Waals surface area (Å²) in [5, 5.41) is 21.8. The minimum atomic E-state index is -1.15. The molecule has 0 aliphatic carbocycles. The lowest BCUT2D eigenvalue weighted by atomic mass is 10.2. The zero-order chi connectivity index (χ0) is 12.4. The Morgan fingerprint density at radius 2 is 2.29 bits per heavy atom. The van der Waals surface area contributed by atoms with Gasteiger partial charge >= 0.3 is 5.97 Å². The molecule has 0 unspecified atom stereocenters. The number of benzene rings is 1. The number of carboxylic acids is 1. The Balaban J connectivity index is 2.62. The maximum absolute atomic E-state index is 10.9. The van der Waals surface area contributed by atoms with E-state index in [9.17, 15) is 4.79 Å². The molecule has 1 heterocycles. The average molecular weight is 227 g/mol. The molecule has 0 fully saturated rings. The zero-order valence-electron chi connectivity index (χ0n) is 9.08. The minimum absolute atomic E-state index is 0.0306. The SMILES string of the molecule is Cc1cccc(-n2ncc(C(=O)O)c2C#N)c1. The van der Waals surface area contributed by atoms with Crippen LogP contribution in [-0.4, -0.2) is 20.9 Å². The smallest absolute Gasteiger partial charge is 0.340 e. The number of nitrogens with zero attached hydrogens (tertiary/aromatic N) is 3. The summed E-state index contributed by atoms with van der Waals surface area (Å²) in [5.74, 6) is -1.15. The van der Waals surface area contributed by atoms with Gasteiger partial charge in [-0.3, -0.25) is 0 Å². The maximum Gasteiger partial charge on any atom is 0.340 e. The second-order valence-corrected chi connectivity index (χ2v) is 3.57. The van der Waals surface area contributed by atoms with Gasteiger partial charge in [0.05, 0.1) is 11.9 Å². The van der Waals surface area contributed by atoms with E-state index in [0.717, 1.165) is 5.56 Å². The molecule has 5 heteroatoms. The second kappa shape index (κ2) is 4.10. The molecule has 0 saturated carbocycles. The Kier molecular flexibility index (Phi) is 2.63. The third kappa shape index (κ3) is 1.88. The molecule has 0 bridgehead atoms. The van der Waals surface area contributed by atoms with Crippen molar-refractivity contribution in [2.45, 2.75) is 6.92 Å². The van der Waals surface area contributed by atoms with E-state index in [1.807, 2.05) is 31.2 Å². The summed E-state index contributed by atoms with van der Waals surface area (Å²) in [5.41, 5.74) is 1.63. The molecule has 0 radical (unpaired) electrons.